The topological polar surface area (TPSA) is 59.8 Å². The Balaban J connectivity index is 2.02. The quantitative estimate of drug-likeness (QED) is 0.866. The van der Waals surface area contributed by atoms with Crippen LogP contribution < -0.4 is 5.32 Å². The first-order chi connectivity index (χ1) is 11.7. The van der Waals surface area contributed by atoms with Crippen molar-refractivity contribution in [2.24, 2.45) is 5.41 Å². The molecule has 5 nitrogen and oxygen atoms in total. The number of aromatic nitrogens is 3. The summed E-state index contributed by atoms with van der Waals surface area (Å²) in [6.07, 6.45) is 4.87. The van der Waals surface area contributed by atoms with Gasteiger partial charge in [0.1, 0.15) is 0 Å². The summed E-state index contributed by atoms with van der Waals surface area (Å²) in [7, 11) is 0. The van der Waals surface area contributed by atoms with Gasteiger partial charge in [-0.25, -0.2) is 0 Å². The maximum absolute atomic E-state index is 12.5. The van der Waals surface area contributed by atoms with E-state index in [1.54, 1.807) is 6.20 Å². The van der Waals surface area contributed by atoms with Crippen molar-refractivity contribution in [2.45, 2.75) is 67.0 Å². The third-order valence-electron chi connectivity index (χ3n) is 4.53. The van der Waals surface area contributed by atoms with Gasteiger partial charge < -0.3 is 5.32 Å². The lowest BCUT2D eigenvalue weighted by molar-refractivity contribution is -0.122. The van der Waals surface area contributed by atoms with E-state index >= 15 is 0 Å². The third-order valence-corrected chi connectivity index (χ3v) is 4.53. The Morgan fingerprint density at radius 1 is 1.28 bits per heavy atom. The van der Waals surface area contributed by atoms with Crippen LogP contribution >= 0.6 is 0 Å². The first kappa shape index (κ1) is 19.2. The van der Waals surface area contributed by atoms with Crippen LogP contribution in [0.4, 0.5) is 0 Å². The first-order valence-electron chi connectivity index (χ1n) is 8.87. The van der Waals surface area contributed by atoms with Crippen LogP contribution in [0.5, 0.6) is 0 Å². The van der Waals surface area contributed by atoms with E-state index in [4.69, 9.17) is 0 Å². The molecule has 1 unspecified atom stereocenters. The van der Waals surface area contributed by atoms with Crippen molar-refractivity contribution >= 4 is 5.91 Å². The van der Waals surface area contributed by atoms with E-state index in [0.29, 0.717) is 13.0 Å². The number of aryl methyl sites for hydroxylation is 2. The molecule has 0 aliphatic heterocycles. The molecule has 2 heterocycles. The minimum Gasteiger partial charge on any atom is -0.349 e. The fraction of sp³-hybridized carbons (Fsp3) is 0.550. The van der Waals surface area contributed by atoms with Crippen molar-refractivity contribution in [3.05, 3.63) is 47.0 Å². The monoisotopic (exact) mass is 342 g/mol. The summed E-state index contributed by atoms with van der Waals surface area (Å²) >= 11 is 0. The van der Waals surface area contributed by atoms with Gasteiger partial charge in [-0.15, -0.1) is 0 Å². The summed E-state index contributed by atoms with van der Waals surface area (Å²) in [4.78, 5) is 16.7. The number of hydrogen-bond acceptors (Lipinski definition) is 3. The molecule has 136 valence electrons. The Labute approximate surface area is 150 Å². The zero-order valence-electron chi connectivity index (χ0n) is 16.3. The normalized spacial score (nSPS) is 12.9. The molecule has 0 saturated heterocycles. The number of amides is 1. The van der Waals surface area contributed by atoms with Crippen LogP contribution in [0.1, 0.15) is 62.2 Å². The lowest BCUT2D eigenvalue weighted by Crippen LogP contribution is -2.32. The molecule has 0 radical (unpaired) electrons. The Morgan fingerprint density at radius 2 is 2.00 bits per heavy atom. The van der Waals surface area contributed by atoms with E-state index in [9.17, 15) is 4.79 Å². The van der Waals surface area contributed by atoms with Gasteiger partial charge in [-0.1, -0.05) is 26.8 Å². The van der Waals surface area contributed by atoms with Crippen molar-refractivity contribution < 1.29 is 4.79 Å². The van der Waals surface area contributed by atoms with Crippen molar-refractivity contribution in [2.75, 3.05) is 0 Å². The van der Waals surface area contributed by atoms with Gasteiger partial charge >= 0.3 is 0 Å². The number of nitrogens with one attached hydrogen (secondary N) is 1. The Kier molecular flexibility index (Phi) is 5.98. The standard InChI is InChI=1S/C20H30N4O/c1-14-15(2)23-24(16(14)3)11-9-19(25)22-18(12-20(4,5)6)17-8-7-10-21-13-17/h7-8,10,13,18H,9,11-12H2,1-6H3,(H,22,25). The highest BCUT2D eigenvalue weighted by Crippen LogP contribution is 2.29. The molecule has 1 N–H and O–H groups in total. The highest BCUT2D eigenvalue weighted by atomic mass is 16.1. The van der Waals surface area contributed by atoms with Gasteiger partial charge in [0.2, 0.25) is 5.91 Å². The lowest BCUT2D eigenvalue weighted by Gasteiger charge is -2.27. The smallest absolute Gasteiger partial charge is 0.222 e. The molecule has 2 aromatic rings. The zero-order valence-corrected chi connectivity index (χ0v) is 16.3. The average Bonchev–Trinajstić information content (AvgIpc) is 2.79. The molecule has 1 atom stereocenters. The van der Waals surface area contributed by atoms with Crippen LogP contribution in [0.2, 0.25) is 0 Å². The molecule has 0 aliphatic rings. The summed E-state index contributed by atoms with van der Waals surface area (Å²) in [5.41, 5.74) is 4.51. The molecule has 0 aromatic carbocycles. The maximum atomic E-state index is 12.5. The van der Waals surface area contributed by atoms with Gasteiger partial charge in [0.05, 0.1) is 11.7 Å². The molecule has 25 heavy (non-hydrogen) atoms. The summed E-state index contributed by atoms with van der Waals surface area (Å²) in [5.74, 6) is 0.0447. The van der Waals surface area contributed by atoms with Gasteiger partial charge in [0.25, 0.3) is 0 Å². The fourth-order valence-electron chi connectivity index (χ4n) is 2.92. The molecule has 0 spiro atoms. The van der Waals surface area contributed by atoms with Crippen molar-refractivity contribution in [1.82, 2.24) is 20.1 Å². The SMILES string of the molecule is Cc1nn(CCC(=O)NC(CC(C)(C)C)c2cccnc2)c(C)c1C. The van der Waals surface area contributed by atoms with E-state index in [1.807, 2.05) is 36.9 Å². The maximum Gasteiger partial charge on any atom is 0.222 e. The van der Waals surface area contributed by atoms with Gasteiger partial charge in [0.15, 0.2) is 0 Å². The second-order valence-corrected chi connectivity index (χ2v) is 7.94. The van der Waals surface area contributed by atoms with E-state index < -0.39 is 0 Å². The summed E-state index contributed by atoms with van der Waals surface area (Å²) in [6.45, 7) is 13.3. The number of pyridine rings is 1. The minimum atomic E-state index is -0.0246. The lowest BCUT2D eigenvalue weighted by atomic mass is 9.86. The second-order valence-electron chi connectivity index (χ2n) is 7.94. The van der Waals surface area contributed by atoms with E-state index in [1.165, 1.54) is 5.56 Å². The first-order valence-corrected chi connectivity index (χ1v) is 8.87. The summed E-state index contributed by atoms with van der Waals surface area (Å²) < 4.78 is 1.92. The predicted molar refractivity (Wildman–Crippen MR) is 100 cm³/mol. The molecule has 1 amide bonds. The van der Waals surface area contributed by atoms with Crippen molar-refractivity contribution in [1.29, 1.82) is 0 Å². The molecule has 2 aromatic heterocycles. The van der Waals surface area contributed by atoms with Crippen LogP contribution in [0.3, 0.4) is 0 Å². The highest BCUT2D eigenvalue weighted by molar-refractivity contribution is 5.76. The molecule has 0 saturated carbocycles. The number of nitrogens with zero attached hydrogens (tertiary/aromatic N) is 3. The van der Waals surface area contributed by atoms with Crippen LogP contribution in [0.25, 0.3) is 0 Å². The molecule has 5 heteroatoms. The number of carbonyl (C=O) groups excluding carboxylic acids is 1. The van der Waals surface area contributed by atoms with Gasteiger partial charge in [-0.05, 0) is 49.8 Å². The average molecular weight is 342 g/mol. The molecule has 2 rings (SSSR count). The minimum absolute atomic E-state index is 0.0246. The molecule has 0 bridgehead atoms. The summed E-state index contributed by atoms with van der Waals surface area (Å²) in [6, 6.07) is 3.91. The number of hydrogen-bond donors (Lipinski definition) is 1. The molecule has 0 aliphatic carbocycles. The number of rotatable bonds is 6. The van der Waals surface area contributed by atoms with Crippen molar-refractivity contribution in [3.63, 3.8) is 0 Å². The van der Waals surface area contributed by atoms with E-state index in [2.05, 4.69) is 43.1 Å². The van der Waals surface area contributed by atoms with E-state index in [-0.39, 0.29) is 17.4 Å². The predicted octanol–water partition coefficient (Wildman–Crippen LogP) is 3.89. The van der Waals surface area contributed by atoms with Crippen LogP contribution in [0, 0.1) is 26.2 Å². The molecular formula is C20H30N4O. The van der Waals surface area contributed by atoms with Gasteiger partial charge in [-0.2, -0.15) is 5.10 Å². The van der Waals surface area contributed by atoms with E-state index in [0.717, 1.165) is 23.4 Å². The highest BCUT2D eigenvalue weighted by Gasteiger charge is 2.22. The molecular weight excluding hydrogens is 312 g/mol. The fourth-order valence-corrected chi connectivity index (χ4v) is 2.92. The second kappa shape index (κ2) is 7.81. The Hall–Kier alpha value is -2.17. The zero-order chi connectivity index (χ0) is 18.6. The Morgan fingerprint density at radius 3 is 2.52 bits per heavy atom. The van der Waals surface area contributed by atoms with Gasteiger partial charge in [0, 0.05) is 31.1 Å². The Bertz CT molecular complexity index is 713. The van der Waals surface area contributed by atoms with Crippen LogP contribution in [-0.4, -0.2) is 20.7 Å². The molecule has 0 fully saturated rings. The van der Waals surface area contributed by atoms with Crippen molar-refractivity contribution in [3.8, 4) is 0 Å². The van der Waals surface area contributed by atoms with Crippen LogP contribution in [0.15, 0.2) is 24.5 Å². The van der Waals surface area contributed by atoms with Crippen LogP contribution in [-0.2, 0) is 11.3 Å². The summed E-state index contributed by atoms with van der Waals surface area (Å²) in [5, 5.41) is 7.69. The third kappa shape index (κ3) is 5.41. The largest absolute Gasteiger partial charge is 0.349 e. The number of carbonyl (C=O) groups is 1. The van der Waals surface area contributed by atoms with Gasteiger partial charge in [-0.3, -0.25) is 14.5 Å².